The van der Waals surface area contributed by atoms with Crippen molar-refractivity contribution in [3.63, 3.8) is 0 Å². The molecule has 1 aromatic rings. The molecule has 0 unspecified atom stereocenters. The van der Waals surface area contributed by atoms with Crippen LogP contribution in [-0.4, -0.2) is 5.78 Å². The van der Waals surface area contributed by atoms with Crippen molar-refractivity contribution in [3.8, 4) is 0 Å². The molecule has 3 rings (SSSR count). The van der Waals surface area contributed by atoms with Crippen LogP contribution in [0.3, 0.4) is 0 Å². The second-order valence-corrected chi connectivity index (χ2v) is 5.31. The molecule has 2 saturated carbocycles. The summed E-state index contributed by atoms with van der Waals surface area (Å²) >= 11 is 3.48. The van der Waals surface area contributed by atoms with Crippen molar-refractivity contribution in [2.75, 3.05) is 0 Å². The fourth-order valence-electron chi connectivity index (χ4n) is 2.79. The van der Waals surface area contributed by atoms with Gasteiger partial charge in [0.05, 0.1) is 0 Å². The molecule has 1 nitrogen and oxygen atoms in total. The Morgan fingerprint density at radius 3 is 2.86 bits per heavy atom. The average Bonchev–Trinajstić information content (AvgIpc) is 2.83. The Balaban J connectivity index is 2.01. The van der Waals surface area contributed by atoms with E-state index in [1.165, 1.54) is 5.56 Å². The molecule has 0 aliphatic heterocycles. The van der Waals surface area contributed by atoms with E-state index in [0.29, 0.717) is 11.7 Å². The second kappa shape index (κ2) is 2.69. The van der Waals surface area contributed by atoms with Gasteiger partial charge in [0.2, 0.25) is 0 Å². The standard InChI is InChI=1S/C12H11BrO/c13-9-3-1-2-8(6-9)12-5-4-11(14)10(12)7-12/h1-3,6,10H,4-5,7H2/t10-,12-/m1/s1. The largest absolute Gasteiger partial charge is 0.299 e. The first kappa shape index (κ1) is 8.66. The van der Waals surface area contributed by atoms with E-state index in [1.54, 1.807) is 0 Å². The molecule has 14 heavy (non-hydrogen) atoms. The summed E-state index contributed by atoms with van der Waals surface area (Å²) < 4.78 is 1.12. The fraction of sp³-hybridized carbons (Fsp3) is 0.417. The summed E-state index contributed by atoms with van der Waals surface area (Å²) in [7, 11) is 0. The van der Waals surface area contributed by atoms with Gasteiger partial charge in [-0.2, -0.15) is 0 Å². The van der Waals surface area contributed by atoms with Crippen molar-refractivity contribution in [2.24, 2.45) is 5.92 Å². The van der Waals surface area contributed by atoms with Crippen LogP contribution in [0.5, 0.6) is 0 Å². The Kier molecular flexibility index (Phi) is 1.67. The number of rotatable bonds is 1. The van der Waals surface area contributed by atoms with E-state index in [0.717, 1.165) is 23.7 Å². The van der Waals surface area contributed by atoms with Gasteiger partial charge in [0, 0.05) is 22.2 Å². The highest BCUT2D eigenvalue weighted by Crippen LogP contribution is 2.62. The van der Waals surface area contributed by atoms with Crippen LogP contribution >= 0.6 is 15.9 Å². The quantitative estimate of drug-likeness (QED) is 0.749. The van der Waals surface area contributed by atoms with Crippen molar-refractivity contribution in [2.45, 2.75) is 24.7 Å². The van der Waals surface area contributed by atoms with Crippen LogP contribution in [0, 0.1) is 5.92 Å². The van der Waals surface area contributed by atoms with Gasteiger partial charge < -0.3 is 0 Å². The molecule has 0 amide bonds. The third-order valence-electron chi connectivity index (χ3n) is 3.68. The van der Waals surface area contributed by atoms with E-state index in [-0.39, 0.29) is 5.41 Å². The Labute approximate surface area is 91.6 Å². The Hall–Kier alpha value is -0.630. The Morgan fingerprint density at radius 1 is 1.43 bits per heavy atom. The summed E-state index contributed by atoms with van der Waals surface area (Å²) in [5.41, 5.74) is 1.59. The molecule has 0 aromatic heterocycles. The molecular weight excluding hydrogens is 240 g/mol. The zero-order valence-electron chi connectivity index (χ0n) is 7.79. The number of halogens is 1. The van der Waals surface area contributed by atoms with E-state index in [1.807, 2.05) is 6.07 Å². The summed E-state index contributed by atoms with van der Waals surface area (Å²) in [6, 6.07) is 8.42. The molecule has 0 N–H and O–H groups in total. The predicted molar refractivity (Wildman–Crippen MR) is 58.2 cm³/mol. The molecular formula is C12H11BrO. The lowest BCUT2D eigenvalue weighted by Crippen LogP contribution is -2.04. The normalized spacial score (nSPS) is 34.4. The first-order chi connectivity index (χ1) is 6.72. The van der Waals surface area contributed by atoms with Gasteiger partial charge in [-0.25, -0.2) is 0 Å². The second-order valence-electron chi connectivity index (χ2n) is 4.39. The number of Topliss-reactive ketones (excluding diaryl/α,β-unsaturated/α-hetero) is 1. The van der Waals surface area contributed by atoms with Gasteiger partial charge in [0.15, 0.2) is 0 Å². The van der Waals surface area contributed by atoms with Crippen LogP contribution in [0.1, 0.15) is 24.8 Å². The van der Waals surface area contributed by atoms with Crippen molar-refractivity contribution >= 4 is 21.7 Å². The van der Waals surface area contributed by atoms with Crippen molar-refractivity contribution in [1.29, 1.82) is 0 Å². The van der Waals surface area contributed by atoms with E-state index in [4.69, 9.17) is 0 Å². The lowest BCUT2D eigenvalue weighted by Gasteiger charge is -2.11. The monoisotopic (exact) mass is 250 g/mol. The highest BCUT2D eigenvalue weighted by atomic mass is 79.9. The third kappa shape index (κ3) is 1.04. The maximum atomic E-state index is 11.5. The van der Waals surface area contributed by atoms with Crippen LogP contribution in [0.25, 0.3) is 0 Å². The molecule has 2 atom stereocenters. The van der Waals surface area contributed by atoms with Crippen LogP contribution in [-0.2, 0) is 10.2 Å². The lowest BCUT2D eigenvalue weighted by molar-refractivity contribution is -0.119. The molecule has 0 radical (unpaired) electrons. The van der Waals surface area contributed by atoms with Gasteiger partial charge in [-0.1, -0.05) is 28.1 Å². The Morgan fingerprint density at radius 2 is 2.29 bits per heavy atom. The topological polar surface area (TPSA) is 17.1 Å². The highest BCUT2D eigenvalue weighted by Gasteiger charge is 2.62. The van der Waals surface area contributed by atoms with Gasteiger partial charge in [-0.15, -0.1) is 0 Å². The van der Waals surface area contributed by atoms with E-state index >= 15 is 0 Å². The molecule has 2 aliphatic rings. The number of hydrogen-bond donors (Lipinski definition) is 0. The number of carbonyl (C=O) groups excluding carboxylic acids is 1. The van der Waals surface area contributed by atoms with E-state index in [2.05, 4.69) is 34.1 Å². The molecule has 2 aliphatic carbocycles. The molecule has 0 saturated heterocycles. The van der Waals surface area contributed by atoms with E-state index in [9.17, 15) is 4.79 Å². The molecule has 0 heterocycles. The summed E-state index contributed by atoms with van der Waals surface area (Å²) in [5, 5.41) is 0. The minimum absolute atomic E-state index is 0.237. The number of fused-ring (bicyclic) bond motifs is 1. The maximum absolute atomic E-state index is 11.5. The van der Waals surface area contributed by atoms with Gasteiger partial charge in [-0.3, -0.25) is 4.79 Å². The van der Waals surface area contributed by atoms with Gasteiger partial charge in [0.1, 0.15) is 5.78 Å². The highest BCUT2D eigenvalue weighted by molar-refractivity contribution is 9.10. The van der Waals surface area contributed by atoms with Crippen LogP contribution in [0.2, 0.25) is 0 Å². The van der Waals surface area contributed by atoms with Crippen LogP contribution < -0.4 is 0 Å². The molecule has 1 aromatic carbocycles. The van der Waals surface area contributed by atoms with Crippen molar-refractivity contribution < 1.29 is 4.79 Å². The van der Waals surface area contributed by atoms with Crippen molar-refractivity contribution in [3.05, 3.63) is 34.3 Å². The first-order valence-electron chi connectivity index (χ1n) is 5.01. The number of ketones is 1. The molecule has 2 fully saturated rings. The smallest absolute Gasteiger partial charge is 0.136 e. The molecule has 2 heteroatoms. The minimum Gasteiger partial charge on any atom is -0.299 e. The Bertz CT molecular complexity index is 413. The molecule has 72 valence electrons. The van der Waals surface area contributed by atoms with Crippen molar-refractivity contribution in [1.82, 2.24) is 0 Å². The van der Waals surface area contributed by atoms with Gasteiger partial charge >= 0.3 is 0 Å². The zero-order chi connectivity index (χ0) is 9.76. The van der Waals surface area contributed by atoms with Crippen LogP contribution in [0.15, 0.2) is 28.7 Å². The SMILES string of the molecule is O=C1CC[C@]2(c3cccc(Br)c3)C[C@H]12. The van der Waals surface area contributed by atoms with E-state index < -0.39 is 0 Å². The fourth-order valence-corrected chi connectivity index (χ4v) is 3.18. The van der Waals surface area contributed by atoms with Gasteiger partial charge in [-0.05, 0) is 30.5 Å². The number of carbonyl (C=O) groups is 1. The minimum atomic E-state index is 0.237. The summed E-state index contributed by atoms with van der Waals surface area (Å²) in [5.74, 6) is 0.821. The van der Waals surface area contributed by atoms with Gasteiger partial charge in [0.25, 0.3) is 0 Å². The summed E-state index contributed by atoms with van der Waals surface area (Å²) in [6.07, 6.45) is 2.94. The third-order valence-corrected chi connectivity index (χ3v) is 4.17. The summed E-state index contributed by atoms with van der Waals surface area (Å²) in [6.45, 7) is 0. The number of benzene rings is 1. The first-order valence-corrected chi connectivity index (χ1v) is 5.80. The van der Waals surface area contributed by atoms with Crippen LogP contribution in [0.4, 0.5) is 0 Å². The zero-order valence-corrected chi connectivity index (χ0v) is 9.38. The maximum Gasteiger partial charge on any atom is 0.136 e. The summed E-state index contributed by atoms with van der Waals surface area (Å²) in [4.78, 5) is 11.5. The lowest BCUT2D eigenvalue weighted by atomic mass is 9.93. The predicted octanol–water partition coefficient (Wildman–Crippen LogP) is 3.07. The molecule has 0 spiro atoms. The number of hydrogen-bond acceptors (Lipinski definition) is 1. The molecule has 0 bridgehead atoms. The average molecular weight is 251 g/mol.